The predicted molar refractivity (Wildman–Crippen MR) is 58.4 cm³/mol. The molecule has 0 spiro atoms. The smallest absolute Gasteiger partial charge is 0.455 e. The van der Waals surface area contributed by atoms with Crippen LogP contribution in [0.2, 0.25) is 0 Å². The van der Waals surface area contributed by atoms with Gasteiger partial charge in [-0.05, 0) is 17.7 Å². The van der Waals surface area contributed by atoms with Gasteiger partial charge in [-0.2, -0.15) is 22.0 Å². The largest absolute Gasteiger partial charge is 0.465 e. The maximum Gasteiger partial charge on any atom is 0.455 e. The van der Waals surface area contributed by atoms with E-state index < -0.39 is 31.3 Å². The van der Waals surface area contributed by atoms with Gasteiger partial charge >= 0.3 is 18.1 Å². The van der Waals surface area contributed by atoms with Crippen molar-refractivity contribution >= 4 is 5.97 Å². The lowest BCUT2D eigenvalue weighted by molar-refractivity contribution is -0.297. The van der Waals surface area contributed by atoms with E-state index in [4.69, 9.17) is 0 Å². The zero-order valence-electron chi connectivity index (χ0n) is 10.3. The molecule has 0 radical (unpaired) electrons. The highest BCUT2D eigenvalue weighted by Gasteiger charge is 2.57. The molecule has 0 atom stereocenters. The van der Waals surface area contributed by atoms with Crippen LogP contribution in [-0.4, -0.2) is 31.8 Å². The van der Waals surface area contributed by atoms with Crippen LogP contribution in [0, 0.1) is 0 Å². The molecule has 20 heavy (non-hydrogen) atoms. The lowest BCUT2D eigenvalue weighted by atomic mass is 10.1. The standard InChI is InChI=1S/C12H11F5O3/c1-19-10(18)9-4-2-8(3-5-9)6-20-7-11(13,14)12(15,16)17/h2-5H,6-7H2,1H3. The topological polar surface area (TPSA) is 35.5 Å². The van der Waals surface area contributed by atoms with Gasteiger partial charge in [0.05, 0.1) is 19.3 Å². The van der Waals surface area contributed by atoms with E-state index in [9.17, 15) is 26.7 Å². The summed E-state index contributed by atoms with van der Waals surface area (Å²) in [6.45, 7) is -2.18. The van der Waals surface area contributed by atoms with Crippen molar-refractivity contribution in [1.29, 1.82) is 0 Å². The second-order valence-corrected chi connectivity index (χ2v) is 3.88. The second kappa shape index (κ2) is 6.17. The summed E-state index contributed by atoms with van der Waals surface area (Å²) < 4.78 is 69.4. The number of halogens is 5. The Kier molecular flexibility index (Phi) is 5.04. The van der Waals surface area contributed by atoms with Gasteiger partial charge in [-0.15, -0.1) is 0 Å². The van der Waals surface area contributed by atoms with Gasteiger partial charge in [0.2, 0.25) is 0 Å². The number of carbonyl (C=O) groups is 1. The van der Waals surface area contributed by atoms with Gasteiger partial charge in [0, 0.05) is 0 Å². The first kappa shape index (κ1) is 16.4. The van der Waals surface area contributed by atoms with Crippen LogP contribution in [0.5, 0.6) is 0 Å². The van der Waals surface area contributed by atoms with E-state index in [2.05, 4.69) is 9.47 Å². The van der Waals surface area contributed by atoms with Gasteiger partial charge in [0.15, 0.2) is 0 Å². The van der Waals surface area contributed by atoms with Gasteiger partial charge in [0.1, 0.15) is 6.61 Å². The highest BCUT2D eigenvalue weighted by Crippen LogP contribution is 2.35. The minimum absolute atomic E-state index is 0.233. The van der Waals surface area contributed by atoms with Crippen LogP contribution in [0.1, 0.15) is 15.9 Å². The van der Waals surface area contributed by atoms with Crippen molar-refractivity contribution in [2.45, 2.75) is 18.7 Å². The fraction of sp³-hybridized carbons (Fsp3) is 0.417. The van der Waals surface area contributed by atoms with Crippen molar-refractivity contribution in [2.24, 2.45) is 0 Å². The van der Waals surface area contributed by atoms with Crippen molar-refractivity contribution in [3.63, 3.8) is 0 Å². The van der Waals surface area contributed by atoms with E-state index in [1.165, 1.54) is 31.4 Å². The van der Waals surface area contributed by atoms with Crippen molar-refractivity contribution in [2.75, 3.05) is 13.7 Å². The Morgan fingerprint density at radius 1 is 1.10 bits per heavy atom. The Hall–Kier alpha value is -1.70. The molecule has 1 rings (SSSR count). The molecule has 0 saturated carbocycles. The molecule has 0 amide bonds. The number of carbonyl (C=O) groups excluding carboxylic acids is 1. The molecule has 0 heterocycles. The molecule has 1 aromatic carbocycles. The highest BCUT2D eigenvalue weighted by molar-refractivity contribution is 5.89. The Labute approximate surface area is 111 Å². The molecule has 0 aromatic heterocycles. The number of rotatable bonds is 5. The molecule has 0 unspecified atom stereocenters. The van der Waals surface area contributed by atoms with Gasteiger partial charge in [-0.25, -0.2) is 4.79 Å². The molecular weight excluding hydrogens is 287 g/mol. The Bertz CT molecular complexity index is 453. The lowest BCUT2D eigenvalue weighted by Gasteiger charge is -2.19. The van der Waals surface area contributed by atoms with Crippen LogP contribution in [0.3, 0.4) is 0 Å². The number of benzene rings is 1. The average Bonchev–Trinajstić information content (AvgIpc) is 2.37. The van der Waals surface area contributed by atoms with E-state index in [1.54, 1.807) is 0 Å². The maximum absolute atomic E-state index is 12.5. The summed E-state index contributed by atoms with van der Waals surface area (Å²) >= 11 is 0. The average molecular weight is 298 g/mol. The van der Waals surface area contributed by atoms with E-state index >= 15 is 0 Å². The molecular formula is C12H11F5O3. The third-order valence-corrected chi connectivity index (χ3v) is 2.34. The number of hydrogen-bond donors (Lipinski definition) is 0. The van der Waals surface area contributed by atoms with Gasteiger partial charge < -0.3 is 9.47 Å². The summed E-state index contributed by atoms with van der Waals surface area (Å²) in [4.78, 5) is 11.1. The molecule has 0 saturated heterocycles. The quantitative estimate of drug-likeness (QED) is 0.618. The zero-order chi connectivity index (χ0) is 15.4. The van der Waals surface area contributed by atoms with Crippen LogP contribution < -0.4 is 0 Å². The number of hydrogen-bond acceptors (Lipinski definition) is 3. The third kappa shape index (κ3) is 4.16. The minimum Gasteiger partial charge on any atom is -0.465 e. The van der Waals surface area contributed by atoms with Crippen LogP contribution >= 0.6 is 0 Å². The van der Waals surface area contributed by atoms with Gasteiger partial charge in [0.25, 0.3) is 0 Å². The molecule has 1 aromatic rings. The van der Waals surface area contributed by atoms with Crippen molar-refractivity contribution in [3.8, 4) is 0 Å². The predicted octanol–water partition coefficient (Wildman–Crippen LogP) is 3.19. The Balaban J connectivity index is 2.53. The first-order chi connectivity index (χ1) is 9.17. The molecule has 8 heteroatoms. The lowest BCUT2D eigenvalue weighted by Crippen LogP contribution is -2.40. The van der Waals surface area contributed by atoms with Crippen molar-refractivity contribution in [1.82, 2.24) is 0 Å². The summed E-state index contributed by atoms with van der Waals surface area (Å²) in [5.74, 6) is -5.47. The van der Waals surface area contributed by atoms with Crippen molar-refractivity contribution in [3.05, 3.63) is 35.4 Å². The summed E-state index contributed by atoms with van der Waals surface area (Å²) in [5.41, 5.74) is 0.590. The molecule has 0 N–H and O–H groups in total. The van der Waals surface area contributed by atoms with E-state index in [1.807, 2.05) is 0 Å². The maximum atomic E-state index is 12.5. The first-order valence-corrected chi connectivity index (χ1v) is 5.37. The first-order valence-electron chi connectivity index (χ1n) is 5.37. The third-order valence-electron chi connectivity index (χ3n) is 2.34. The number of esters is 1. The summed E-state index contributed by atoms with van der Waals surface area (Å²) in [6.07, 6.45) is -5.64. The molecule has 0 aliphatic carbocycles. The number of methoxy groups -OCH3 is 1. The summed E-state index contributed by atoms with van der Waals surface area (Å²) in [5, 5.41) is 0. The molecule has 112 valence electrons. The summed E-state index contributed by atoms with van der Waals surface area (Å²) in [6, 6.07) is 5.45. The molecule has 0 aliphatic rings. The second-order valence-electron chi connectivity index (χ2n) is 3.88. The van der Waals surface area contributed by atoms with Crippen LogP contribution in [0.15, 0.2) is 24.3 Å². The zero-order valence-corrected chi connectivity index (χ0v) is 10.3. The fourth-order valence-electron chi connectivity index (χ4n) is 1.23. The Morgan fingerprint density at radius 3 is 2.10 bits per heavy atom. The van der Waals surface area contributed by atoms with E-state index in [0.29, 0.717) is 5.56 Å². The molecule has 0 fully saturated rings. The van der Waals surface area contributed by atoms with E-state index in [-0.39, 0.29) is 5.56 Å². The minimum atomic E-state index is -5.64. The van der Waals surface area contributed by atoms with Crippen LogP contribution in [0.25, 0.3) is 0 Å². The van der Waals surface area contributed by atoms with E-state index in [0.717, 1.165) is 0 Å². The van der Waals surface area contributed by atoms with Gasteiger partial charge in [-0.1, -0.05) is 12.1 Å². The van der Waals surface area contributed by atoms with Gasteiger partial charge in [-0.3, -0.25) is 0 Å². The van der Waals surface area contributed by atoms with Crippen LogP contribution in [-0.2, 0) is 16.1 Å². The normalized spacial score (nSPS) is 12.3. The molecule has 3 nitrogen and oxygen atoms in total. The molecule has 0 bridgehead atoms. The monoisotopic (exact) mass is 298 g/mol. The highest BCUT2D eigenvalue weighted by atomic mass is 19.4. The van der Waals surface area contributed by atoms with Crippen molar-refractivity contribution < 1.29 is 36.2 Å². The molecule has 0 aliphatic heterocycles. The summed E-state index contributed by atoms with van der Waals surface area (Å²) in [7, 11) is 1.19. The fourth-order valence-corrected chi connectivity index (χ4v) is 1.23. The number of ether oxygens (including phenoxy) is 2. The van der Waals surface area contributed by atoms with Crippen LogP contribution in [0.4, 0.5) is 22.0 Å². The Morgan fingerprint density at radius 2 is 1.65 bits per heavy atom. The SMILES string of the molecule is COC(=O)c1ccc(COCC(F)(F)C(F)(F)F)cc1. The number of alkyl halides is 5.